The average Bonchev–Trinajstić information content (AvgIpc) is 2.69. The Hall–Kier alpha value is -1.37. The molecule has 0 atom stereocenters. The van der Waals surface area contributed by atoms with E-state index in [9.17, 15) is 14.4 Å². The van der Waals surface area contributed by atoms with Gasteiger partial charge in [-0.2, -0.15) is 0 Å². The normalized spacial score (nSPS) is 9.52. The third-order valence-corrected chi connectivity index (χ3v) is 4.41. The molecule has 0 radical (unpaired) electrons. The summed E-state index contributed by atoms with van der Waals surface area (Å²) >= 11 is 0. The maximum absolute atomic E-state index is 11.0. The fourth-order valence-electron chi connectivity index (χ4n) is 2.07. The fraction of sp³-hybridized carbons (Fsp3) is 0.864. The highest BCUT2D eigenvalue weighted by Gasteiger charge is 2.00. The second-order valence-electron chi connectivity index (χ2n) is 6.92. The molecular formula is C22H46O6Si. The molecule has 0 unspecified atom stereocenters. The van der Waals surface area contributed by atoms with E-state index in [4.69, 9.17) is 9.84 Å². The van der Waals surface area contributed by atoms with Gasteiger partial charge in [-0.05, 0) is 25.7 Å². The molecule has 0 heterocycles. The van der Waals surface area contributed by atoms with Crippen LogP contribution < -0.4 is 0 Å². The van der Waals surface area contributed by atoms with Crippen molar-refractivity contribution in [1.29, 1.82) is 0 Å². The minimum absolute atomic E-state index is 0.0306. The molecule has 0 aliphatic heterocycles. The number of esters is 1. The number of hydrogen-bond acceptors (Lipinski definition) is 5. The second-order valence-corrected chi connectivity index (χ2v) is 7.32. The zero-order chi connectivity index (χ0) is 22.8. The SMILES string of the molecule is CCCCCC(=O)O.CCCCCC(=O)OCCCC.CCCCCC(=O)O[SiH3]. The lowest BCUT2D eigenvalue weighted by molar-refractivity contribution is -0.144. The number of ether oxygens (including phenoxy) is 1. The summed E-state index contributed by atoms with van der Waals surface area (Å²) in [6, 6.07) is 0. The number of rotatable bonds is 15. The molecular weight excluding hydrogens is 388 g/mol. The molecule has 0 amide bonds. The smallest absolute Gasteiger partial charge is 0.305 e. The van der Waals surface area contributed by atoms with E-state index >= 15 is 0 Å². The van der Waals surface area contributed by atoms with Gasteiger partial charge in [-0.25, -0.2) is 0 Å². The maximum Gasteiger partial charge on any atom is 0.305 e. The molecule has 0 saturated carbocycles. The van der Waals surface area contributed by atoms with Gasteiger partial charge in [-0.15, -0.1) is 0 Å². The van der Waals surface area contributed by atoms with Crippen molar-refractivity contribution in [2.45, 2.75) is 118 Å². The molecule has 0 aromatic carbocycles. The number of carbonyl (C=O) groups is 3. The number of carboxylic acid groups (broad SMARTS) is 1. The summed E-state index contributed by atoms with van der Waals surface area (Å²) < 4.78 is 9.59. The van der Waals surface area contributed by atoms with Crippen LogP contribution in [0.25, 0.3) is 0 Å². The molecule has 6 nitrogen and oxygen atoms in total. The van der Waals surface area contributed by atoms with Gasteiger partial charge in [0.15, 0.2) is 0 Å². The van der Waals surface area contributed by atoms with E-state index in [2.05, 4.69) is 32.1 Å². The molecule has 7 heteroatoms. The average molecular weight is 435 g/mol. The molecule has 0 bridgehead atoms. The lowest BCUT2D eigenvalue weighted by Gasteiger charge is -2.02. The van der Waals surface area contributed by atoms with Crippen molar-refractivity contribution in [1.82, 2.24) is 0 Å². The molecule has 0 saturated heterocycles. The highest BCUT2D eigenvalue weighted by Crippen LogP contribution is 2.01. The lowest BCUT2D eigenvalue weighted by atomic mass is 10.2. The first-order valence-corrected chi connectivity index (χ1v) is 12.1. The molecule has 0 aromatic heterocycles. The van der Waals surface area contributed by atoms with Crippen molar-refractivity contribution in [3.05, 3.63) is 0 Å². The van der Waals surface area contributed by atoms with E-state index in [-0.39, 0.29) is 11.9 Å². The maximum atomic E-state index is 11.0. The van der Waals surface area contributed by atoms with Gasteiger partial charge in [0.25, 0.3) is 5.97 Å². The van der Waals surface area contributed by atoms with Gasteiger partial charge in [0.2, 0.25) is 10.5 Å². The van der Waals surface area contributed by atoms with E-state index < -0.39 is 5.97 Å². The van der Waals surface area contributed by atoms with Gasteiger partial charge in [0.05, 0.1) is 6.61 Å². The van der Waals surface area contributed by atoms with E-state index in [1.54, 1.807) is 0 Å². The van der Waals surface area contributed by atoms with Gasteiger partial charge < -0.3 is 14.3 Å². The third kappa shape index (κ3) is 38.0. The van der Waals surface area contributed by atoms with Crippen molar-refractivity contribution in [3.63, 3.8) is 0 Å². The Morgan fingerprint density at radius 1 is 0.655 bits per heavy atom. The molecule has 0 fully saturated rings. The first kappa shape index (κ1) is 32.3. The predicted molar refractivity (Wildman–Crippen MR) is 122 cm³/mol. The summed E-state index contributed by atoms with van der Waals surface area (Å²) in [6.45, 7) is 8.99. The van der Waals surface area contributed by atoms with Crippen LogP contribution in [0.1, 0.15) is 118 Å². The van der Waals surface area contributed by atoms with Crippen molar-refractivity contribution < 1.29 is 28.7 Å². The summed E-state index contributed by atoms with van der Waals surface area (Å²) in [6.07, 6.45) is 13.1. The molecule has 0 aliphatic carbocycles. The Balaban J connectivity index is -0.000000359. The molecule has 0 aromatic rings. The summed E-state index contributed by atoms with van der Waals surface area (Å²) in [5, 5.41) is 8.14. The largest absolute Gasteiger partial charge is 0.529 e. The summed E-state index contributed by atoms with van der Waals surface area (Å²) in [4.78, 5) is 31.3. The number of carbonyl (C=O) groups excluding carboxylic acids is 2. The molecule has 0 spiro atoms. The van der Waals surface area contributed by atoms with Crippen LogP contribution in [0.3, 0.4) is 0 Å². The minimum atomic E-state index is -0.682. The number of carboxylic acids is 1. The Bertz CT molecular complexity index is 362. The molecule has 29 heavy (non-hydrogen) atoms. The van der Waals surface area contributed by atoms with Gasteiger partial charge in [0.1, 0.15) is 0 Å². The Morgan fingerprint density at radius 2 is 1.07 bits per heavy atom. The third-order valence-electron chi connectivity index (χ3n) is 3.95. The van der Waals surface area contributed by atoms with Gasteiger partial charge in [-0.1, -0.05) is 72.6 Å². The Morgan fingerprint density at radius 3 is 1.45 bits per heavy atom. The van der Waals surface area contributed by atoms with Gasteiger partial charge >= 0.3 is 11.9 Å². The molecule has 174 valence electrons. The van der Waals surface area contributed by atoms with E-state index in [0.717, 1.165) is 70.6 Å². The van der Waals surface area contributed by atoms with Crippen molar-refractivity contribution in [2.24, 2.45) is 0 Å². The fourth-order valence-corrected chi connectivity index (χ4v) is 2.27. The summed E-state index contributed by atoms with van der Waals surface area (Å²) in [7, 11) is 0.542. The van der Waals surface area contributed by atoms with Crippen molar-refractivity contribution in [3.8, 4) is 0 Å². The van der Waals surface area contributed by atoms with E-state index in [0.29, 0.717) is 36.4 Å². The highest BCUT2D eigenvalue weighted by molar-refractivity contribution is 6.05. The molecule has 0 rings (SSSR count). The Labute approximate surface area is 181 Å². The first-order chi connectivity index (χ1) is 13.9. The zero-order valence-corrected chi connectivity index (χ0v) is 21.6. The second kappa shape index (κ2) is 28.8. The van der Waals surface area contributed by atoms with Crippen molar-refractivity contribution >= 4 is 28.4 Å². The van der Waals surface area contributed by atoms with Crippen LogP contribution in [0.5, 0.6) is 0 Å². The standard InChI is InChI=1S/C10H20O2.C6H14O2Si.C6H12O2/c1-3-5-7-8-10(11)12-9-6-4-2;1-2-3-4-5-6(7)8-9;1-2-3-4-5-6(7)8/h3-9H2,1-2H3;2-5H2,1,9H3;2-5H2,1H3,(H,7,8). The van der Waals surface area contributed by atoms with E-state index in [1.807, 2.05) is 0 Å². The Kier molecular flexibility index (Phi) is 32.1. The number of unbranched alkanes of at least 4 members (excludes halogenated alkanes) is 7. The van der Waals surface area contributed by atoms with Crippen LogP contribution in [0.15, 0.2) is 0 Å². The zero-order valence-electron chi connectivity index (χ0n) is 19.6. The van der Waals surface area contributed by atoms with Crippen LogP contribution in [0.4, 0.5) is 0 Å². The lowest BCUT2D eigenvalue weighted by Crippen LogP contribution is -2.05. The summed E-state index contributed by atoms with van der Waals surface area (Å²) in [5.41, 5.74) is 0. The summed E-state index contributed by atoms with van der Waals surface area (Å²) in [5.74, 6) is -0.745. The first-order valence-electron chi connectivity index (χ1n) is 11.3. The highest BCUT2D eigenvalue weighted by atomic mass is 28.2. The molecule has 1 N–H and O–H groups in total. The number of hydrogen-bond donors (Lipinski definition) is 1. The van der Waals surface area contributed by atoms with Crippen molar-refractivity contribution in [2.75, 3.05) is 6.61 Å². The molecule has 0 aliphatic rings. The van der Waals surface area contributed by atoms with Crippen LogP contribution >= 0.6 is 0 Å². The monoisotopic (exact) mass is 434 g/mol. The topological polar surface area (TPSA) is 89.9 Å². The predicted octanol–water partition coefficient (Wildman–Crippen LogP) is 4.95. The number of aliphatic carboxylic acids is 1. The van der Waals surface area contributed by atoms with E-state index in [1.165, 1.54) is 0 Å². The van der Waals surface area contributed by atoms with Gasteiger partial charge in [0, 0.05) is 19.3 Å². The van der Waals surface area contributed by atoms with Crippen LogP contribution in [-0.2, 0) is 23.5 Å². The van der Waals surface area contributed by atoms with Gasteiger partial charge in [-0.3, -0.25) is 14.4 Å². The van der Waals surface area contributed by atoms with Crippen LogP contribution in [0, 0.1) is 0 Å². The van der Waals surface area contributed by atoms with Crippen LogP contribution in [-0.4, -0.2) is 40.1 Å². The minimum Gasteiger partial charge on any atom is -0.529 e. The quantitative estimate of drug-likeness (QED) is 0.223. The van der Waals surface area contributed by atoms with Crippen LogP contribution in [0.2, 0.25) is 0 Å².